The van der Waals surface area contributed by atoms with Gasteiger partial charge in [0.25, 0.3) is 0 Å². The quantitative estimate of drug-likeness (QED) is 0.478. The number of nitrogens with two attached hydrogens (primary N) is 1. The zero-order valence-corrected chi connectivity index (χ0v) is 9.79. The van der Waals surface area contributed by atoms with Crippen molar-refractivity contribution in [3.8, 4) is 0 Å². The Hall–Kier alpha value is -0.600. The van der Waals surface area contributed by atoms with Crippen LogP contribution in [0.4, 0.5) is 5.69 Å². The summed E-state index contributed by atoms with van der Waals surface area (Å²) in [6, 6.07) is 5.73. The molecule has 1 rings (SSSR count). The molecule has 1 aromatic carbocycles. The van der Waals surface area contributed by atoms with E-state index in [0.29, 0.717) is 10.7 Å². The first-order valence-electron chi connectivity index (χ1n) is 4.42. The van der Waals surface area contributed by atoms with Gasteiger partial charge in [0.15, 0.2) is 0 Å². The van der Waals surface area contributed by atoms with Crippen LogP contribution in [-0.2, 0) is 0 Å². The molecule has 0 unspecified atom stereocenters. The van der Waals surface area contributed by atoms with Gasteiger partial charge in [-0.3, -0.25) is 0 Å². The third kappa shape index (κ3) is 3.64. The molecule has 14 heavy (non-hydrogen) atoms. The molecule has 0 heterocycles. The molecule has 0 amide bonds. The highest BCUT2D eigenvalue weighted by atomic mass is 35.5. The topological polar surface area (TPSA) is 26.0 Å². The molecule has 0 saturated carbocycles. The van der Waals surface area contributed by atoms with Gasteiger partial charge in [-0.15, -0.1) is 18.3 Å². The van der Waals surface area contributed by atoms with Crippen molar-refractivity contribution in [2.75, 3.05) is 11.5 Å². The van der Waals surface area contributed by atoms with Gasteiger partial charge in [0.1, 0.15) is 0 Å². The summed E-state index contributed by atoms with van der Waals surface area (Å²) < 4.78 is 0. The highest BCUT2D eigenvalue weighted by Gasteiger charge is 1.98. The van der Waals surface area contributed by atoms with E-state index in [1.165, 1.54) is 5.57 Å². The molecule has 3 heteroatoms. The van der Waals surface area contributed by atoms with E-state index in [9.17, 15) is 0 Å². The van der Waals surface area contributed by atoms with Gasteiger partial charge in [-0.1, -0.05) is 17.2 Å². The zero-order valence-electron chi connectivity index (χ0n) is 8.22. The van der Waals surface area contributed by atoms with Crippen LogP contribution in [-0.4, -0.2) is 5.75 Å². The number of rotatable bonds is 4. The first-order chi connectivity index (χ1) is 6.59. The van der Waals surface area contributed by atoms with Gasteiger partial charge in [-0.05, 0) is 31.5 Å². The van der Waals surface area contributed by atoms with Crippen LogP contribution in [0.15, 0.2) is 35.2 Å². The van der Waals surface area contributed by atoms with E-state index in [2.05, 4.69) is 6.58 Å². The second-order valence-electron chi connectivity index (χ2n) is 3.24. The van der Waals surface area contributed by atoms with Gasteiger partial charge in [0, 0.05) is 10.6 Å². The third-order valence-electron chi connectivity index (χ3n) is 1.77. The van der Waals surface area contributed by atoms with Crippen LogP contribution in [0.3, 0.4) is 0 Å². The fourth-order valence-electron chi connectivity index (χ4n) is 0.941. The van der Waals surface area contributed by atoms with E-state index in [4.69, 9.17) is 17.3 Å². The summed E-state index contributed by atoms with van der Waals surface area (Å²) in [4.78, 5) is 1.16. The predicted octanol–water partition coefficient (Wildman–Crippen LogP) is 3.98. The Kier molecular flexibility index (Phi) is 4.36. The lowest BCUT2D eigenvalue weighted by Crippen LogP contribution is -1.86. The number of anilines is 1. The van der Waals surface area contributed by atoms with Crippen molar-refractivity contribution >= 4 is 29.1 Å². The summed E-state index contributed by atoms with van der Waals surface area (Å²) in [5.74, 6) is 1.04. The van der Waals surface area contributed by atoms with Gasteiger partial charge < -0.3 is 5.73 Å². The smallest absolute Gasteiger partial charge is 0.0646 e. The van der Waals surface area contributed by atoms with Crippen molar-refractivity contribution in [2.45, 2.75) is 18.2 Å². The van der Waals surface area contributed by atoms with E-state index in [-0.39, 0.29) is 0 Å². The van der Waals surface area contributed by atoms with Gasteiger partial charge >= 0.3 is 0 Å². The third-order valence-corrected chi connectivity index (χ3v) is 3.09. The Bertz CT molecular complexity index is 336. The maximum absolute atomic E-state index is 5.90. The highest BCUT2D eigenvalue weighted by molar-refractivity contribution is 7.99. The Morgan fingerprint density at radius 2 is 2.29 bits per heavy atom. The number of hydrogen-bond acceptors (Lipinski definition) is 2. The van der Waals surface area contributed by atoms with E-state index in [0.717, 1.165) is 17.1 Å². The van der Waals surface area contributed by atoms with Crippen LogP contribution in [0.5, 0.6) is 0 Å². The molecule has 1 nitrogen and oxygen atoms in total. The Balaban J connectivity index is 2.51. The normalized spacial score (nSPS) is 10.1. The Labute approximate surface area is 94.3 Å². The van der Waals surface area contributed by atoms with Gasteiger partial charge in [-0.25, -0.2) is 0 Å². The molecule has 0 aliphatic heterocycles. The zero-order chi connectivity index (χ0) is 10.6. The Morgan fingerprint density at radius 3 is 2.86 bits per heavy atom. The molecule has 0 spiro atoms. The maximum atomic E-state index is 5.90. The number of allylic oxidation sites excluding steroid dienone is 1. The predicted molar refractivity (Wildman–Crippen MR) is 66.0 cm³/mol. The molecule has 0 fully saturated rings. The molecule has 0 bridgehead atoms. The van der Waals surface area contributed by atoms with Crippen molar-refractivity contribution in [2.24, 2.45) is 0 Å². The summed E-state index contributed by atoms with van der Waals surface area (Å²) in [6.07, 6.45) is 1.03. The molecule has 2 N–H and O–H groups in total. The van der Waals surface area contributed by atoms with Crippen molar-refractivity contribution in [1.29, 1.82) is 0 Å². The number of benzene rings is 1. The summed E-state index contributed by atoms with van der Waals surface area (Å²) in [6.45, 7) is 5.90. The summed E-state index contributed by atoms with van der Waals surface area (Å²) in [5.41, 5.74) is 7.45. The minimum atomic E-state index is 0.630. The lowest BCUT2D eigenvalue weighted by atomic mass is 10.3. The first kappa shape index (κ1) is 11.5. The molecular weight excluding hydrogens is 214 g/mol. The van der Waals surface area contributed by atoms with Gasteiger partial charge in [0.2, 0.25) is 0 Å². The van der Waals surface area contributed by atoms with Crippen molar-refractivity contribution in [3.05, 3.63) is 35.4 Å². The molecule has 0 saturated heterocycles. The Morgan fingerprint density at radius 1 is 1.57 bits per heavy atom. The second-order valence-corrected chi connectivity index (χ2v) is 4.81. The standard InChI is InChI=1S/C11H14ClNS/c1-8(2)5-6-14-9-3-4-11(13)10(12)7-9/h3-4,7H,1,5-6,13H2,2H3. The minimum absolute atomic E-state index is 0.630. The van der Waals surface area contributed by atoms with Gasteiger partial charge in [0.05, 0.1) is 10.7 Å². The fourth-order valence-corrected chi connectivity index (χ4v) is 2.24. The van der Waals surface area contributed by atoms with Crippen LogP contribution in [0, 0.1) is 0 Å². The molecule has 0 atom stereocenters. The second kappa shape index (κ2) is 5.32. The van der Waals surface area contributed by atoms with Crippen LogP contribution >= 0.6 is 23.4 Å². The van der Waals surface area contributed by atoms with E-state index in [1.54, 1.807) is 11.8 Å². The largest absolute Gasteiger partial charge is 0.398 e. The maximum Gasteiger partial charge on any atom is 0.0646 e. The van der Waals surface area contributed by atoms with Crippen molar-refractivity contribution in [3.63, 3.8) is 0 Å². The summed E-state index contributed by atoms with van der Waals surface area (Å²) in [5, 5.41) is 0.630. The van der Waals surface area contributed by atoms with Crippen LogP contribution in [0.1, 0.15) is 13.3 Å². The number of nitrogen functional groups attached to an aromatic ring is 1. The average molecular weight is 228 g/mol. The van der Waals surface area contributed by atoms with Crippen LogP contribution in [0.25, 0.3) is 0 Å². The van der Waals surface area contributed by atoms with Crippen LogP contribution in [0.2, 0.25) is 5.02 Å². The molecule has 0 aliphatic carbocycles. The fraction of sp³-hybridized carbons (Fsp3) is 0.273. The molecule has 0 aromatic heterocycles. The number of halogens is 1. The number of hydrogen-bond donors (Lipinski definition) is 1. The minimum Gasteiger partial charge on any atom is -0.398 e. The monoisotopic (exact) mass is 227 g/mol. The molecule has 0 aliphatic rings. The van der Waals surface area contributed by atoms with Crippen molar-refractivity contribution in [1.82, 2.24) is 0 Å². The van der Waals surface area contributed by atoms with E-state index in [1.807, 2.05) is 25.1 Å². The molecule has 0 radical (unpaired) electrons. The highest BCUT2D eigenvalue weighted by Crippen LogP contribution is 2.27. The molecule has 1 aromatic rings. The molecular formula is C11H14ClNS. The lowest BCUT2D eigenvalue weighted by Gasteiger charge is -2.03. The summed E-state index contributed by atoms with van der Waals surface area (Å²) in [7, 11) is 0. The lowest BCUT2D eigenvalue weighted by molar-refractivity contribution is 1.12. The average Bonchev–Trinajstić information content (AvgIpc) is 2.10. The van der Waals surface area contributed by atoms with Crippen LogP contribution < -0.4 is 5.73 Å². The first-order valence-corrected chi connectivity index (χ1v) is 5.78. The van der Waals surface area contributed by atoms with E-state index < -0.39 is 0 Å². The van der Waals surface area contributed by atoms with Crippen molar-refractivity contribution < 1.29 is 0 Å². The van der Waals surface area contributed by atoms with Gasteiger partial charge in [-0.2, -0.15) is 0 Å². The SMILES string of the molecule is C=C(C)CCSc1ccc(N)c(Cl)c1. The van der Waals surface area contributed by atoms with E-state index >= 15 is 0 Å². The summed E-state index contributed by atoms with van der Waals surface area (Å²) >= 11 is 7.67. The molecule has 76 valence electrons. The number of thioether (sulfide) groups is 1.